The summed E-state index contributed by atoms with van der Waals surface area (Å²) in [5.41, 5.74) is 2.32. The van der Waals surface area contributed by atoms with Gasteiger partial charge < -0.3 is 10.1 Å². The number of hydrogen-bond donors (Lipinski definition) is 2. The Hall–Kier alpha value is -0.650. The highest BCUT2D eigenvalue weighted by Crippen LogP contribution is 2.13. The first-order valence-corrected chi connectivity index (χ1v) is 4.43. The Morgan fingerprint density at radius 3 is 3.00 bits per heavy atom. The number of hydroxylamine groups is 1. The van der Waals surface area contributed by atoms with Gasteiger partial charge in [0, 0.05) is 6.04 Å². The van der Waals surface area contributed by atoms with Gasteiger partial charge in [0.2, 0.25) is 0 Å². The van der Waals surface area contributed by atoms with E-state index in [4.69, 9.17) is 4.74 Å². The van der Waals surface area contributed by atoms with Crippen LogP contribution in [0.5, 0.6) is 0 Å². The van der Waals surface area contributed by atoms with Crippen molar-refractivity contribution in [3.63, 3.8) is 0 Å². The summed E-state index contributed by atoms with van der Waals surface area (Å²) >= 11 is 0. The monoisotopic (exact) mass is 188 g/mol. The molecule has 1 fully saturated rings. The van der Waals surface area contributed by atoms with Gasteiger partial charge in [-0.1, -0.05) is 6.92 Å². The van der Waals surface area contributed by atoms with Gasteiger partial charge in [-0.25, -0.2) is 5.48 Å². The second kappa shape index (κ2) is 5.16. The zero-order valence-corrected chi connectivity index (χ0v) is 8.00. The van der Waals surface area contributed by atoms with Crippen LogP contribution in [0.1, 0.15) is 6.92 Å². The summed E-state index contributed by atoms with van der Waals surface area (Å²) in [4.78, 5) is 15.9. The average Bonchev–Trinajstić information content (AvgIpc) is 2.54. The van der Waals surface area contributed by atoms with Crippen LogP contribution >= 0.6 is 0 Å². The van der Waals surface area contributed by atoms with Crippen LogP contribution in [0.25, 0.3) is 0 Å². The fraction of sp³-hybridized carbons (Fsp3) is 0.875. The number of carbonyl (C=O) groups excluding carboxylic acids is 1. The smallest absolute Gasteiger partial charge is 0.250 e. The predicted molar refractivity (Wildman–Crippen MR) is 46.9 cm³/mol. The lowest BCUT2D eigenvalue weighted by Crippen LogP contribution is -2.43. The van der Waals surface area contributed by atoms with E-state index < -0.39 is 0 Å². The van der Waals surface area contributed by atoms with Gasteiger partial charge in [-0.05, 0) is 6.54 Å². The van der Waals surface area contributed by atoms with Crippen LogP contribution in [0.15, 0.2) is 0 Å². The van der Waals surface area contributed by atoms with Gasteiger partial charge in [-0.15, -0.1) is 0 Å². The molecule has 1 aliphatic heterocycles. The van der Waals surface area contributed by atoms with Crippen LogP contribution in [-0.2, 0) is 14.4 Å². The highest BCUT2D eigenvalue weighted by atomic mass is 16.6. The largest absolute Gasteiger partial charge is 0.379 e. The Morgan fingerprint density at radius 2 is 2.38 bits per heavy atom. The maximum atomic E-state index is 11.4. The van der Waals surface area contributed by atoms with E-state index in [0.717, 1.165) is 6.54 Å². The minimum absolute atomic E-state index is 0.111. The number of likely N-dealkylation sites (N-methyl/N-ethyl adjacent to an activating group) is 1. The van der Waals surface area contributed by atoms with Crippen LogP contribution in [0, 0.1) is 5.92 Å². The Morgan fingerprint density at radius 1 is 1.62 bits per heavy atom. The maximum Gasteiger partial charge on any atom is 0.250 e. The molecule has 0 spiro atoms. The van der Waals surface area contributed by atoms with Crippen molar-refractivity contribution in [3.8, 4) is 0 Å². The first-order chi connectivity index (χ1) is 6.29. The normalized spacial score (nSPS) is 27.5. The molecule has 0 aromatic carbocycles. The summed E-state index contributed by atoms with van der Waals surface area (Å²) in [6.45, 7) is 3.90. The maximum absolute atomic E-state index is 11.4. The van der Waals surface area contributed by atoms with E-state index in [0.29, 0.717) is 13.2 Å². The molecule has 1 amide bonds. The van der Waals surface area contributed by atoms with Gasteiger partial charge in [0.05, 0.1) is 26.2 Å². The fourth-order valence-corrected chi connectivity index (χ4v) is 1.45. The van der Waals surface area contributed by atoms with Crippen molar-refractivity contribution >= 4 is 5.91 Å². The molecule has 13 heavy (non-hydrogen) atoms. The first kappa shape index (κ1) is 10.4. The van der Waals surface area contributed by atoms with Crippen molar-refractivity contribution in [1.82, 2.24) is 10.8 Å². The van der Waals surface area contributed by atoms with E-state index in [1.807, 2.05) is 6.92 Å². The third-order valence-electron chi connectivity index (χ3n) is 2.09. The second-order valence-corrected chi connectivity index (χ2v) is 2.98. The third kappa shape index (κ3) is 2.65. The molecule has 2 N–H and O–H groups in total. The lowest BCUT2D eigenvalue weighted by atomic mass is 10.0. The van der Waals surface area contributed by atoms with E-state index in [1.54, 1.807) is 0 Å². The van der Waals surface area contributed by atoms with E-state index in [1.165, 1.54) is 7.11 Å². The van der Waals surface area contributed by atoms with Gasteiger partial charge in [0.15, 0.2) is 0 Å². The van der Waals surface area contributed by atoms with Crippen LogP contribution < -0.4 is 10.8 Å². The molecule has 0 aliphatic carbocycles. The number of amides is 1. The summed E-state index contributed by atoms with van der Waals surface area (Å²) in [5, 5.41) is 3.19. The van der Waals surface area contributed by atoms with Gasteiger partial charge in [-0.3, -0.25) is 9.63 Å². The molecule has 76 valence electrons. The summed E-state index contributed by atoms with van der Waals surface area (Å²) < 4.78 is 5.21. The van der Waals surface area contributed by atoms with Crippen LogP contribution in [0.2, 0.25) is 0 Å². The lowest BCUT2D eigenvalue weighted by molar-refractivity contribution is -0.136. The number of nitrogens with one attached hydrogen (secondary N) is 2. The first-order valence-electron chi connectivity index (χ1n) is 4.43. The summed E-state index contributed by atoms with van der Waals surface area (Å²) in [7, 11) is 1.43. The van der Waals surface area contributed by atoms with Crippen molar-refractivity contribution in [2.24, 2.45) is 5.92 Å². The van der Waals surface area contributed by atoms with Gasteiger partial charge >= 0.3 is 0 Å². The standard InChI is InChI=1S/C8H16N2O3/c1-3-9-7-5-13-4-6(7)8(11)10-12-2/h6-7,9H,3-5H2,1-2H3,(H,10,11). The van der Waals surface area contributed by atoms with E-state index >= 15 is 0 Å². The molecule has 0 radical (unpaired) electrons. The third-order valence-corrected chi connectivity index (χ3v) is 2.09. The van der Waals surface area contributed by atoms with Crippen molar-refractivity contribution in [2.45, 2.75) is 13.0 Å². The second-order valence-electron chi connectivity index (χ2n) is 2.98. The van der Waals surface area contributed by atoms with Gasteiger partial charge in [-0.2, -0.15) is 0 Å². The van der Waals surface area contributed by atoms with Crippen LogP contribution in [0.3, 0.4) is 0 Å². The summed E-state index contributed by atoms with van der Waals surface area (Å²) in [6, 6.07) is 0.111. The minimum atomic E-state index is -0.139. The van der Waals surface area contributed by atoms with Gasteiger partial charge in [0.1, 0.15) is 0 Å². The zero-order valence-electron chi connectivity index (χ0n) is 8.00. The molecule has 2 unspecified atom stereocenters. The number of carbonyl (C=O) groups is 1. The van der Waals surface area contributed by atoms with E-state index in [2.05, 4.69) is 15.6 Å². The van der Waals surface area contributed by atoms with E-state index in [9.17, 15) is 4.79 Å². The quantitative estimate of drug-likeness (QED) is 0.572. The average molecular weight is 188 g/mol. The predicted octanol–water partition coefficient (Wildman–Crippen LogP) is -0.711. The molecule has 1 rings (SSSR count). The number of hydrogen-bond acceptors (Lipinski definition) is 4. The molecule has 0 aromatic heterocycles. The zero-order chi connectivity index (χ0) is 9.68. The molecule has 1 aliphatic rings. The van der Waals surface area contributed by atoms with Crippen molar-refractivity contribution in [1.29, 1.82) is 0 Å². The summed E-state index contributed by atoms with van der Waals surface area (Å²) in [6.07, 6.45) is 0. The Labute approximate surface area is 77.7 Å². The SMILES string of the molecule is CCNC1COCC1C(=O)NOC. The fourth-order valence-electron chi connectivity index (χ4n) is 1.45. The van der Waals surface area contributed by atoms with Crippen LogP contribution in [0.4, 0.5) is 0 Å². The molecule has 0 saturated carbocycles. The summed E-state index contributed by atoms with van der Waals surface area (Å²) in [5.74, 6) is -0.258. The molecule has 2 atom stereocenters. The van der Waals surface area contributed by atoms with Crippen molar-refractivity contribution < 1.29 is 14.4 Å². The number of rotatable bonds is 4. The number of ether oxygens (including phenoxy) is 1. The topological polar surface area (TPSA) is 59.6 Å². The van der Waals surface area contributed by atoms with Crippen LogP contribution in [-0.4, -0.2) is 38.8 Å². The molecule has 5 nitrogen and oxygen atoms in total. The molecular formula is C8H16N2O3. The molecule has 1 heterocycles. The molecule has 1 saturated heterocycles. The lowest BCUT2D eigenvalue weighted by Gasteiger charge is -2.16. The molecule has 5 heteroatoms. The highest BCUT2D eigenvalue weighted by Gasteiger charge is 2.33. The van der Waals surface area contributed by atoms with Gasteiger partial charge in [0.25, 0.3) is 5.91 Å². The Bertz CT molecular complexity index is 175. The van der Waals surface area contributed by atoms with Crippen molar-refractivity contribution in [3.05, 3.63) is 0 Å². The molecular weight excluding hydrogens is 172 g/mol. The Balaban J connectivity index is 2.42. The Kier molecular flexibility index (Phi) is 4.14. The molecule has 0 bridgehead atoms. The van der Waals surface area contributed by atoms with E-state index in [-0.39, 0.29) is 17.9 Å². The minimum Gasteiger partial charge on any atom is -0.379 e. The molecule has 0 aromatic rings. The van der Waals surface area contributed by atoms with Crippen molar-refractivity contribution in [2.75, 3.05) is 26.9 Å². The highest BCUT2D eigenvalue weighted by molar-refractivity contribution is 5.78.